The number of thiophene rings is 1. The fraction of sp³-hybridized carbons (Fsp3) is 0.231. The van der Waals surface area contributed by atoms with Crippen molar-refractivity contribution in [3.8, 4) is 0 Å². The van der Waals surface area contributed by atoms with Crippen LogP contribution in [0.1, 0.15) is 23.4 Å². The molecular weight excluding hydrogens is 419 g/mol. The molecule has 1 aromatic heterocycles. The topological polar surface area (TPSA) is 12.0 Å². The lowest BCUT2D eigenvalue weighted by Crippen LogP contribution is -2.09. The van der Waals surface area contributed by atoms with Crippen molar-refractivity contribution < 1.29 is 13.2 Å². The van der Waals surface area contributed by atoms with Crippen LogP contribution in [0.4, 0.5) is 18.9 Å². The Labute approximate surface area is 135 Å². The van der Waals surface area contributed by atoms with Crippen molar-refractivity contribution >= 4 is 48.9 Å². The Kier molecular flexibility index (Phi) is 4.81. The van der Waals surface area contributed by atoms with E-state index in [-0.39, 0.29) is 6.04 Å². The SMILES string of the molecule is CC(Nc1cc(C(F)(F)F)ccc1Br)c1cc(Br)cs1. The summed E-state index contributed by atoms with van der Waals surface area (Å²) in [5, 5.41) is 5.03. The van der Waals surface area contributed by atoms with E-state index in [1.807, 2.05) is 18.4 Å². The maximum absolute atomic E-state index is 12.7. The lowest BCUT2D eigenvalue weighted by Gasteiger charge is -2.17. The highest BCUT2D eigenvalue weighted by molar-refractivity contribution is 9.10. The largest absolute Gasteiger partial charge is 0.416 e. The molecule has 7 heteroatoms. The van der Waals surface area contributed by atoms with Gasteiger partial charge in [0.1, 0.15) is 0 Å². The van der Waals surface area contributed by atoms with E-state index < -0.39 is 11.7 Å². The van der Waals surface area contributed by atoms with Gasteiger partial charge in [0, 0.05) is 24.9 Å². The summed E-state index contributed by atoms with van der Waals surface area (Å²) in [6.45, 7) is 1.91. The fourth-order valence-corrected chi connectivity index (χ4v) is 3.49. The molecule has 0 amide bonds. The highest BCUT2D eigenvalue weighted by Crippen LogP contribution is 2.36. The van der Waals surface area contributed by atoms with Gasteiger partial charge in [-0.25, -0.2) is 0 Å². The maximum Gasteiger partial charge on any atom is 0.416 e. The molecule has 2 rings (SSSR count). The van der Waals surface area contributed by atoms with E-state index in [2.05, 4.69) is 37.2 Å². The molecule has 0 bridgehead atoms. The normalized spacial score (nSPS) is 13.3. The number of nitrogens with one attached hydrogen (secondary N) is 1. The number of halogens is 5. The monoisotopic (exact) mass is 427 g/mol. The molecule has 0 spiro atoms. The summed E-state index contributed by atoms with van der Waals surface area (Å²) in [5.74, 6) is 0. The molecule has 2 aromatic rings. The average Bonchev–Trinajstić information content (AvgIpc) is 2.77. The zero-order valence-corrected chi connectivity index (χ0v) is 14.3. The third-order valence-electron chi connectivity index (χ3n) is 2.68. The third-order valence-corrected chi connectivity index (χ3v) is 5.25. The van der Waals surface area contributed by atoms with Crippen LogP contribution in [-0.4, -0.2) is 0 Å². The second-order valence-corrected chi connectivity index (χ2v) is 6.94. The van der Waals surface area contributed by atoms with Crippen LogP contribution in [0.15, 0.2) is 38.6 Å². The van der Waals surface area contributed by atoms with Crippen molar-refractivity contribution in [2.45, 2.75) is 19.1 Å². The molecule has 0 saturated carbocycles. The van der Waals surface area contributed by atoms with E-state index in [9.17, 15) is 13.2 Å². The van der Waals surface area contributed by atoms with E-state index >= 15 is 0 Å². The molecule has 0 radical (unpaired) electrons. The maximum atomic E-state index is 12.7. The third kappa shape index (κ3) is 3.77. The summed E-state index contributed by atoms with van der Waals surface area (Å²) < 4.78 is 39.7. The van der Waals surface area contributed by atoms with Crippen molar-refractivity contribution in [3.63, 3.8) is 0 Å². The summed E-state index contributed by atoms with van der Waals surface area (Å²) in [6, 6.07) is 5.45. The van der Waals surface area contributed by atoms with Gasteiger partial charge in [0.2, 0.25) is 0 Å². The van der Waals surface area contributed by atoms with Crippen LogP contribution in [0.25, 0.3) is 0 Å². The van der Waals surface area contributed by atoms with Crippen LogP contribution in [0.2, 0.25) is 0 Å². The minimum absolute atomic E-state index is 0.0777. The molecule has 1 unspecified atom stereocenters. The number of anilines is 1. The van der Waals surface area contributed by atoms with Crippen molar-refractivity contribution in [2.75, 3.05) is 5.32 Å². The smallest absolute Gasteiger partial charge is 0.377 e. The summed E-state index contributed by atoms with van der Waals surface area (Å²) in [4.78, 5) is 1.04. The Morgan fingerprint density at radius 2 is 1.90 bits per heavy atom. The van der Waals surface area contributed by atoms with E-state index in [0.29, 0.717) is 10.2 Å². The predicted octanol–water partition coefficient (Wildman–Crippen LogP) is 6.47. The zero-order valence-electron chi connectivity index (χ0n) is 10.3. The van der Waals surface area contributed by atoms with Gasteiger partial charge < -0.3 is 5.32 Å². The molecule has 1 nitrogen and oxygen atoms in total. The van der Waals surface area contributed by atoms with Gasteiger partial charge in [-0.1, -0.05) is 0 Å². The molecule has 1 atom stereocenters. The van der Waals surface area contributed by atoms with Crippen molar-refractivity contribution in [2.24, 2.45) is 0 Å². The summed E-state index contributed by atoms with van der Waals surface area (Å²) in [6.07, 6.45) is -4.34. The Hall–Kier alpha value is -0.530. The van der Waals surface area contributed by atoms with Gasteiger partial charge in [0.25, 0.3) is 0 Å². The van der Waals surface area contributed by atoms with E-state index in [1.54, 1.807) is 11.3 Å². The molecule has 0 aliphatic rings. The van der Waals surface area contributed by atoms with Gasteiger partial charge in [-0.3, -0.25) is 0 Å². The van der Waals surface area contributed by atoms with E-state index in [0.717, 1.165) is 21.5 Å². The van der Waals surface area contributed by atoms with Crippen LogP contribution in [0, 0.1) is 0 Å². The summed E-state index contributed by atoms with van der Waals surface area (Å²) >= 11 is 8.18. The van der Waals surface area contributed by atoms with E-state index in [1.165, 1.54) is 6.07 Å². The Morgan fingerprint density at radius 1 is 1.20 bits per heavy atom. The molecule has 20 heavy (non-hydrogen) atoms. The minimum Gasteiger partial charge on any atom is -0.377 e. The first-order chi connectivity index (χ1) is 9.27. The number of hydrogen-bond donors (Lipinski definition) is 1. The minimum atomic E-state index is -4.34. The number of alkyl halides is 3. The van der Waals surface area contributed by atoms with Crippen molar-refractivity contribution in [1.29, 1.82) is 0 Å². The predicted molar refractivity (Wildman–Crippen MR) is 83.2 cm³/mol. The van der Waals surface area contributed by atoms with Crippen molar-refractivity contribution in [3.05, 3.63) is 49.0 Å². The second kappa shape index (κ2) is 6.07. The van der Waals surface area contributed by atoms with Crippen LogP contribution in [-0.2, 0) is 6.18 Å². The number of benzene rings is 1. The first kappa shape index (κ1) is 15.9. The Morgan fingerprint density at radius 3 is 2.45 bits per heavy atom. The van der Waals surface area contributed by atoms with Crippen molar-refractivity contribution in [1.82, 2.24) is 0 Å². The molecule has 0 saturated heterocycles. The lowest BCUT2D eigenvalue weighted by atomic mass is 10.1. The summed E-state index contributed by atoms with van der Waals surface area (Å²) in [7, 11) is 0. The molecule has 0 fully saturated rings. The van der Waals surface area contributed by atoms with Crippen LogP contribution < -0.4 is 5.32 Å². The second-order valence-electron chi connectivity index (χ2n) is 4.23. The van der Waals surface area contributed by atoms with Gasteiger partial charge in [-0.15, -0.1) is 11.3 Å². The van der Waals surface area contributed by atoms with Crippen LogP contribution in [0.5, 0.6) is 0 Å². The lowest BCUT2D eigenvalue weighted by molar-refractivity contribution is -0.137. The van der Waals surface area contributed by atoms with Gasteiger partial charge in [-0.2, -0.15) is 13.2 Å². The zero-order chi connectivity index (χ0) is 14.9. The Bertz CT molecular complexity index is 610. The molecule has 1 N–H and O–H groups in total. The molecular formula is C13H10Br2F3NS. The first-order valence-electron chi connectivity index (χ1n) is 5.64. The van der Waals surface area contributed by atoms with Crippen LogP contribution in [0.3, 0.4) is 0 Å². The molecule has 1 heterocycles. The van der Waals surface area contributed by atoms with Gasteiger partial charge in [0.15, 0.2) is 0 Å². The van der Waals surface area contributed by atoms with E-state index in [4.69, 9.17) is 0 Å². The average molecular weight is 429 g/mol. The first-order valence-corrected chi connectivity index (χ1v) is 8.11. The summed E-state index contributed by atoms with van der Waals surface area (Å²) in [5.41, 5.74) is -0.236. The standard InChI is InChI=1S/C13H10Br2F3NS/c1-7(12-5-9(14)6-20-12)19-11-4-8(13(16,17)18)2-3-10(11)15/h2-7,19H,1H3. The fourth-order valence-electron chi connectivity index (χ4n) is 1.67. The number of hydrogen-bond acceptors (Lipinski definition) is 2. The van der Waals surface area contributed by atoms with Crippen LogP contribution >= 0.6 is 43.2 Å². The molecule has 108 valence electrons. The quantitative estimate of drug-likeness (QED) is 0.591. The highest BCUT2D eigenvalue weighted by atomic mass is 79.9. The molecule has 0 aliphatic heterocycles. The molecule has 0 aliphatic carbocycles. The van der Waals surface area contributed by atoms with Gasteiger partial charge in [0.05, 0.1) is 11.6 Å². The van der Waals surface area contributed by atoms with Gasteiger partial charge in [-0.05, 0) is 63.0 Å². The van der Waals surface area contributed by atoms with Gasteiger partial charge >= 0.3 is 6.18 Å². The molecule has 1 aromatic carbocycles. The Balaban J connectivity index is 2.24. The highest BCUT2D eigenvalue weighted by Gasteiger charge is 2.31. The number of rotatable bonds is 3.